The lowest BCUT2D eigenvalue weighted by molar-refractivity contribution is -0.385. The number of nitro benzene ring substituents is 1. The van der Waals surface area contributed by atoms with E-state index < -0.39 is 10.5 Å². The molecule has 0 amide bonds. The molecule has 0 radical (unpaired) electrons. The Hall–Kier alpha value is -3.48. The summed E-state index contributed by atoms with van der Waals surface area (Å²) in [5, 5.41) is 15.5. The fraction of sp³-hybridized carbons (Fsp3) is 0.0588. The van der Waals surface area contributed by atoms with Crippen LogP contribution in [0.5, 0.6) is 5.75 Å². The van der Waals surface area contributed by atoms with E-state index in [1.807, 2.05) is 6.92 Å². The Kier molecular flexibility index (Phi) is 4.07. The van der Waals surface area contributed by atoms with Crippen molar-refractivity contribution in [2.24, 2.45) is 5.16 Å². The summed E-state index contributed by atoms with van der Waals surface area (Å²) in [7, 11) is 0. The second kappa shape index (κ2) is 6.33. The van der Waals surface area contributed by atoms with Crippen LogP contribution < -0.4 is 10.5 Å². The van der Waals surface area contributed by atoms with Crippen molar-refractivity contribution in [2.75, 3.05) is 0 Å². The minimum Gasteiger partial charge on any atom is -0.423 e. The lowest BCUT2D eigenvalue weighted by atomic mass is 10.1. The lowest BCUT2D eigenvalue weighted by Gasteiger charge is -2.02. The molecule has 0 spiro atoms. The molecule has 3 rings (SSSR count). The summed E-state index contributed by atoms with van der Waals surface area (Å²) in [5.41, 5.74) is 1.01. The van der Waals surface area contributed by atoms with Gasteiger partial charge in [0.25, 0.3) is 5.69 Å². The fourth-order valence-corrected chi connectivity index (χ4v) is 2.27. The highest BCUT2D eigenvalue weighted by atomic mass is 16.6. The molecule has 3 aromatic rings. The molecule has 1 aromatic heterocycles. The lowest BCUT2D eigenvalue weighted by Crippen LogP contribution is -1.98. The second-order valence-corrected chi connectivity index (χ2v) is 5.05. The maximum atomic E-state index is 11.4. The zero-order valence-corrected chi connectivity index (χ0v) is 12.6. The molecule has 24 heavy (non-hydrogen) atoms. The van der Waals surface area contributed by atoms with E-state index in [-0.39, 0.29) is 5.69 Å². The molecule has 0 fully saturated rings. The molecule has 0 aliphatic heterocycles. The van der Waals surface area contributed by atoms with Crippen molar-refractivity contribution in [3.8, 4) is 5.75 Å². The first-order chi connectivity index (χ1) is 11.5. The molecule has 1 heterocycles. The van der Waals surface area contributed by atoms with Crippen LogP contribution in [0, 0.1) is 17.0 Å². The van der Waals surface area contributed by atoms with Crippen molar-refractivity contribution in [2.45, 2.75) is 6.92 Å². The highest BCUT2D eigenvalue weighted by Crippen LogP contribution is 2.22. The third-order valence-electron chi connectivity index (χ3n) is 3.41. The van der Waals surface area contributed by atoms with E-state index in [1.54, 1.807) is 36.4 Å². The summed E-state index contributed by atoms with van der Waals surface area (Å²) in [5.74, 6) is 0.353. The molecule has 0 bridgehead atoms. The summed E-state index contributed by atoms with van der Waals surface area (Å²) < 4.78 is 5.12. The Morgan fingerprint density at radius 3 is 2.79 bits per heavy atom. The van der Waals surface area contributed by atoms with Crippen LogP contribution in [0.3, 0.4) is 0 Å². The van der Waals surface area contributed by atoms with Crippen LogP contribution in [0.25, 0.3) is 11.0 Å². The Bertz CT molecular complexity index is 1010. The van der Waals surface area contributed by atoms with Crippen molar-refractivity contribution in [3.63, 3.8) is 0 Å². The van der Waals surface area contributed by atoms with Gasteiger partial charge in [0, 0.05) is 23.6 Å². The van der Waals surface area contributed by atoms with Crippen molar-refractivity contribution >= 4 is 22.9 Å². The smallest absolute Gasteiger partial charge is 0.336 e. The van der Waals surface area contributed by atoms with Gasteiger partial charge in [-0.2, -0.15) is 0 Å². The Morgan fingerprint density at radius 2 is 2.00 bits per heavy atom. The number of aryl methyl sites for hydroxylation is 1. The molecule has 0 aliphatic rings. The van der Waals surface area contributed by atoms with Gasteiger partial charge in [-0.1, -0.05) is 17.3 Å². The number of para-hydroxylation sites is 1. The molecule has 0 saturated heterocycles. The first-order valence-electron chi connectivity index (χ1n) is 7.03. The van der Waals surface area contributed by atoms with Crippen LogP contribution in [0.2, 0.25) is 0 Å². The Balaban J connectivity index is 1.86. The minimum atomic E-state index is -0.491. The maximum Gasteiger partial charge on any atom is 0.336 e. The van der Waals surface area contributed by atoms with Gasteiger partial charge in [0.2, 0.25) is 0 Å². The van der Waals surface area contributed by atoms with Gasteiger partial charge in [-0.05, 0) is 30.7 Å². The zero-order chi connectivity index (χ0) is 17.1. The number of hydrogen-bond donors (Lipinski definition) is 0. The average Bonchev–Trinajstić information content (AvgIpc) is 2.54. The first-order valence-corrected chi connectivity index (χ1v) is 7.03. The van der Waals surface area contributed by atoms with Gasteiger partial charge in [-0.25, -0.2) is 4.79 Å². The van der Waals surface area contributed by atoms with Gasteiger partial charge >= 0.3 is 5.63 Å². The van der Waals surface area contributed by atoms with Gasteiger partial charge in [0.1, 0.15) is 5.58 Å². The fourth-order valence-electron chi connectivity index (χ4n) is 2.27. The first kappa shape index (κ1) is 15.4. The van der Waals surface area contributed by atoms with Crippen molar-refractivity contribution in [3.05, 3.63) is 80.2 Å². The van der Waals surface area contributed by atoms with E-state index in [4.69, 9.17) is 9.25 Å². The Morgan fingerprint density at radius 1 is 1.21 bits per heavy atom. The van der Waals surface area contributed by atoms with E-state index in [0.29, 0.717) is 16.9 Å². The van der Waals surface area contributed by atoms with Gasteiger partial charge in [-0.15, -0.1) is 0 Å². The molecule has 2 aromatic carbocycles. The molecule has 7 nitrogen and oxygen atoms in total. The van der Waals surface area contributed by atoms with E-state index in [1.165, 1.54) is 18.3 Å². The third kappa shape index (κ3) is 3.14. The largest absolute Gasteiger partial charge is 0.423 e. The topological polar surface area (TPSA) is 94.9 Å². The standard InChI is InChI=1S/C17H12N2O5/c1-11-8-17(20)23-16-9-13(6-7-14(11)16)24-18-10-12-4-2-3-5-15(12)19(21)22/h2-10H,1H3/b18-10+. The SMILES string of the molecule is Cc1cc(=O)oc2cc(O/N=C/c3ccccc3[N+](=O)[O-])ccc12. The van der Waals surface area contributed by atoms with Crippen LogP contribution in [0.1, 0.15) is 11.1 Å². The summed E-state index contributed by atoms with van der Waals surface area (Å²) in [4.78, 5) is 27.1. The number of nitrogens with zero attached hydrogens (tertiary/aromatic N) is 2. The van der Waals surface area contributed by atoms with Gasteiger partial charge in [0.05, 0.1) is 16.7 Å². The highest BCUT2D eigenvalue weighted by molar-refractivity contribution is 5.85. The van der Waals surface area contributed by atoms with Crippen LogP contribution in [-0.4, -0.2) is 11.1 Å². The molecule has 0 atom stereocenters. The van der Waals surface area contributed by atoms with Crippen LogP contribution in [0.4, 0.5) is 5.69 Å². The third-order valence-corrected chi connectivity index (χ3v) is 3.41. The summed E-state index contributed by atoms with van der Waals surface area (Å²) in [6.07, 6.45) is 1.26. The molecule has 7 heteroatoms. The number of benzene rings is 2. The predicted octanol–water partition coefficient (Wildman–Crippen LogP) is 3.42. The summed E-state index contributed by atoms with van der Waals surface area (Å²) in [6.45, 7) is 1.81. The molecular formula is C17H12N2O5. The van der Waals surface area contributed by atoms with Crippen LogP contribution in [-0.2, 0) is 0 Å². The van der Waals surface area contributed by atoms with Crippen molar-refractivity contribution in [1.29, 1.82) is 0 Å². The zero-order valence-electron chi connectivity index (χ0n) is 12.6. The number of hydrogen-bond acceptors (Lipinski definition) is 6. The van der Waals surface area contributed by atoms with E-state index >= 15 is 0 Å². The predicted molar refractivity (Wildman–Crippen MR) is 88.5 cm³/mol. The van der Waals surface area contributed by atoms with Gasteiger partial charge in [-0.3, -0.25) is 10.1 Å². The van der Waals surface area contributed by atoms with Gasteiger partial charge in [0.15, 0.2) is 5.75 Å². The minimum absolute atomic E-state index is 0.0648. The van der Waals surface area contributed by atoms with E-state index in [9.17, 15) is 14.9 Å². The molecule has 0 unspecified atom stereocenters. The maximum absolute atomic E-state index is 11.4. The highest BCUT2D eigenvalue weighted by Gasteiger charge is 2.10. The Labute approximate surface area is 135 Å². The molecular weight excluding hydrogens is 312 g/mol. The number of nitro groups is 1. The van der Waals surface area contributed by atoms with Crippen molar-refractivity contribution in [1.82, 2.24) is 0 Å². The van der Waals surface area contributed by atoms with Crippen LogP contribution >= 0.6 is 0 Å². The number of oxime groups is 1. The second-order valence-electron chi connectivity index (χ2n) is 5.05. The van der Waals surface area contributed by atoms with Gasteiger partial charge < -0.3 is 9.25 Å². The molecule has 0 saturated carbocycles. The number of rotatable bonds is 4. The number of fused-ring (bicyclic) bond motifs is 1. The average molecular weight is 324 g/mol. The monoisotopic (exact) mass is 324 g/mol. The summed E-state index contributed by atoms with van der Waals surface area (Å²) >= 11 is 0. The van der Waals surface area contributed by atoms with Crippen LogP contribution in [0.15, 0.2) is 62.9 Å². The molecule has 120 valence electrons. The summed E-state index contributed by atoms with van der Waals surface area (Å²) in [6, 6.07) is 12.6. The van der Waals surface area contributed by atoms with E-state index in [0.717, 1.165) is 10.9 Å². The quantitative estimate of drug-likeness (QED) is 0.317. The van der Waals surface area contributed by atoms with E-state index in [2.05, 4.69) is 5.16 Å². The molecule has 0 aliphatic carbocycles. The molecule has 0 N–H and O–H groups in total. The van der Waals surface area contributed by atoms with Crippen molar-refractivity contribution < 1.29 is 14.2 Å². The normalized spacial score (nSPS) is 11.0.